The molecule has 1 N–H and O–H groups in total. The Morgan fingerprint density at radius 2 is 1.70 bits per heavy atom. The van der Waals surface area contributed by atoms with E-state index < -0.39 is 0 Å². The molecule has 1 fully saturated rings. The van der Waals surface area contributed by atoms with Crippen LogP contribution in [-0.4, -0.2) is 22.5 Å². The normalized spacial score (nSPS) is 20.7. The molecule has 0 aliphatic heterocycles. The third-order valence-electron chi connectivity index (χ3n) is 4.31. The molecule has 1 aromatic carbocycles. The number of benzene rings is 1. The molecule has 0 radical (unpaired) electrons. The zero-order valence-corrected chi connectivity index (χ0v) is 13.2. The fourth-order valence-electron chi connectivity index (χ4n) is 2.85. The van der Waals surface area contributed by atoms with Crippen LogP contribution in [-0.2, 0) is 4.79 Å². The summed E-state index contributed by atoms with van der Waals surface area (Å²) in [6, 6.07) is 7.99. The van der Waals surface area contributed by atoms with Crippen molar-refractivity contribution in [2.24, 2.45) is 5.92 Å². The second-order valence-electron chi connectivity index (χ2n) is 6.09. The monoisotopic (exact) mass is 311 g/mol. The molecule has 1 amide bonds. The Kier molecular flexibility index (Phi) is 4.86. The Balaban J connectivity index is 1.63. The summed E-state index contributed by atoms with van der Waals surface area (Å²) in [4.78, 5) is 19.0. The molecule has 0 unspecified atom stereocenters. The number of ether oxygens (including phenoxy) is 1. The van der Waals surface area contributed by atoms with E-state index in [2.05, 4.69) is 22.2 Å². The van der Waals surface area contributed by atoms with Crippen molar-refractivity contribution < 1.29 is 9.53 Å². The molecule has 120 valence electrons. The predicted molar refractivity (Wildman–Crippen MR) is 89.2 cm³/mol. The molecule has 0 atom stereocenters. The lowest BCUT2D eigenvalue weighted by atomic mass is 9.89. The zero-order valence-electron chi connectivity index (χ0n) is 13.2. The van der Waals surface area contributed by atoms with Crippen LogP contribution in [0.3, 0.4) is 0 Å². The first kappa shape index (κ1) is 15.5. The van der Waals surface area contributed by atoms with E-state index in [1.165, 1.54) is 12.8 Å². The van der Waals surface area contributed by atoms with Crippen molar-refractivity contribution >= 4 is 12.1 Å². The van der Waals surface area contributed by atoms with Crippen molar-refractivity contribution in [1.29, 1.82) is 0 Å². The van der Waals surface area contributed by atoms with Gasteiger partial charge in [-0.3, -0.25) is 4.79 Å². The van der Waals surface area contributed by atoms with Gasteiger partial charge in [-0.25, -0.2) is 9.97 Å². The molecule has 2 aromatic rings. The average Bonchev–Trinajstić information content (AvgIpc) is 2.59. The number of amides is 1. The van der Waals surface area contributed by atoms with Gasteiger partial charge in [0.25, 0.3) is 0 Å². The van der Waals surface area contributed by atoms with Crippen LogP contribution in [0.2, 0.25) is 0 Å². The highest BCUT2D eigenvalue weighted by atomic mass is 16.5. The van der Waals surface area contributed by atoms with Crippen molar-refractivity contribution in [1.82, 2.24) is 9.97 Å². The van der Waals surface area contributed by atoms with Crippen molar-refractivity contribution in [3.63, 3.8) is 0 Å². The molecule has 5 heteroatoms. The first-order valence-corrected chi connectivity index (χ1v) is 8.04. The van der Waals surface area contributed by atoms with Gasteiger partial charge in [-0.05, 0) is 49.3 Å². The smallest absolute Gasteiger partial charge is 0.316 e. The quantitative estimate of drug-likeness (QED) is 0.856. The van der Waals surface area contributed by atoms with Crippen LogP contribution in [0, 0.1) is 5.92 Å². The highest BCUT2D eigenvalue weighted by molar-refractivity contribution is 5.73. The molecule has 1 heterocycles. The Morgan fingerprint density at radius 1 is 1.04 bits per heavy atom. The van der Waals surface area contributed by atoms with Gasteiger partial charge in [-0.1, -0.05) is 19.1 Å². The van der Waals surface area contributed by atoms with Crippen molar-refractivity contribution in [2.45, 2.75) is 38.7 Å². The van der Waals surface area contributed by atoms with Crippen molar-refractivity contribution in [3.8, 4) is 17.1 Å². The largest absolute Gasteiger partial charge is 0.460 e. The minimum Gasteiger partial charge on any atom is -0.460 e. The summed E-state index contributed by atoms with van der Waals surface area (Å²) in [6.45, 7) is 2.29. The Labute approximate surface area is 136 Å². The maximum Gasteiger partial charge on any atom is 0.316 e. The Morgan fingerprint density at radius 3 is 2.30 bits per heavy atom. The molecule has 23 heavy (non-hydrogen) atoms. The fourth-order valence-corrected chi connectivity index (χ4v) is 2.85. The van der Waals surface area contributed by atoms with Crippen LogP contribution >= 0.6 is 0 Å². The number of nitrogens with zero attached hydrogens (tertiary/aromatic N) is 2. The summed E-state index contributed by atoms with van der Waals surface area (Å²) in [5.74, 6) is 0.801. The first-order chi connectivity index (χ1) is 11.2. The second-order valence-corrected chi connectivity index (χ2v) is 6.09. The van der Waals surface area contributed by atoms with Crippen LogP contribution in [0.4, 0.5) is 5.69 Å². The Hall–Kier alpha value is -2.43. The van der Waals surface area contributed by atoms with E-state index >= 15 is 0 Å². The van der Waals surface area contributed by atoms with Gasteiger partial charge in [0.1, 0.15) is 6.10 Å². The Bertz CT molecular complexity index is 632. The van der Waals surface area contributed by atoms with Gasteiger partial charge >= 0.3 is 6.01 Å². The van der Waals surface area contributed by atoms with Gasteiger partial charge in [-0.2, -0.15) is 0 Å². The van der Waals surface area contributed by atoms with Crippen LogP contribution in [0.1, 0.15) is 32.6 Å². The summed E-state index contributed by atoms with van der Waals surface area (Å²) in [5.41, 5.74) is 2.68. The lowest BCUT2D eigenvalue weighted by molar-refractivity contribution is -0.105. The van der Waals surface area contributed by atoms with Crippen LogP contribution in [0.5, 0.6) is 6.01 Å². The van der Waals surface area contributed by atoms with Crippen molar-refractivity contribution in [2.75, 3.05) is 5.32 Å². The number of carbonyl (C=O) groups is 1. The summed E-state index contributed by atoms with van der Waals surface area (Å²) < 4.78 is 5.87. The highest BCUT2D eigenvalue weighted by Crippen LogP contribution is 2.26. The molecule has 3 rings (SSSR count). The maximum absolute atomic E-state index is 10.4. The fraction of sp³-hybridized carbons (Fsp3) is 0.389. The van der Waals surface area contributed by atoms with Gasteiger partial charge < -0.3 is 10.1 Å². The van der Waals surface area contributed by atoms with E-state index in [-0.39, 0.29) is 6.10 Å². The molecule has 1 saturated carbocycles. The minimum absolute atomic E-state index is 0.241. The number of anilines is 1. The first-order valence-electron chi connectivity index (χ1n) is 8.04. The van der Waals surface area contributed by atoms with E-state index in [0.717, 1.165) is 35.6 Å². The van der Waals surface area contributed by atoms with E-state index in [0.29, 0.717) is 12.4 Å². The molecule has 5 nitrogen and oxygen atoms in total. The topological polar surface area (TPSA) is 64.1 Å². The number of rotatable bonds is 5. The number of hydrogen-bond acceptors (Lipinski definition) is 4. The van der Waals surface area contributed by atoms with Crippen LogP contribution in [0.25, 0.3) is 11.1 Å². The highest BCUT2D eigenvalue weighted by Gasteiger charge is 2.20. The predicted octanol–water partition coefficient (Wildman–Crippen LogP) is 3.67. The maximum atomic E-state index is 10.4. The number of hydrogen-bond donors (Lipinski definition) is 1. The SMILES string of the molecule is CC1CCC(Oc2ncc(-c3ccc(NC=O)cc3)cn2)CC1. The average molecular weight is 311 g/mol. The third-order valence-corrected chi connectivity index (χ3v) is 4.31. The van der Waals surface area contributed by atoms with E-state index in [4.69, 9.17) is 4.74 Å². The molecule has 1 aliphatic carbocycles. The number of carbonyl (C=O) groups excluding carboxylic acids is 1. The van der Waals surface area contributed by atoms with Gasteiger partial charge in [0, 0.05) is 23.6 Å². The zero-order chi connectivity index (χ0) is 16.1. The van der Waals surface area contributed by atoms with Crippen molar-refractivity contribution in [3.05, 3.63) is 36.7 Å². The van der Waals surface area contributed by atoms with Gasteiger partial charge in [-0.15, -0.1) is 0 Å². The molecular formula is C18H21N3O2. The van der Waals surface area contributed by atoms with E-state index in [9.17, 15) is 4.79 Å². The second kappa shape index (κ2) is 7.22. The van der Waals surface area contributed by atoms with Gasteiger partial charge in [0.05, 0.1) is 0 Å². The van der Waals surface area contributed by atoms with Gasteiger partial charge in [0.2, 0.25) is 6.41 Å². The lowest BCUT2D eigenvalue weighted by Gasteiger charge is -2.25. The molecule has 1 aromatic heterocycles. The van der Waals surface area contributed by atoms with E-state index in [1.54, 1.807) is 12.4 Å². The molecule has 0 saturated heterocycles. The number of aromatic nitrogens is 2. The molecule has 1 aliphatic rings. The molecule has 0 spiro atoms. The van der Waals surface area contributed by atoms with E-state index in [1.807, 2.05) is 24.3 Å². The summed E-state index contributed by atoms with van der Waals surface area (Å²) in [6.07, 6.45) is 9.04. The third kappa shape index (κ3) is 4.06. The summed E-state index contributed by atoms with van der Waals surface area (Å²) in [7, 11) is 0. The van der Waals surface area contributed by atoms with Crippen LogP contribution < -0.4 is 10.1 Å². The van der Waals surface area contributed by atoms with Crippen LogP contribution in [0.15, 0.2) is 36.7 Å². The minimum atomic E-state index is 0.241. The number of nitrogens with one attached hydrogen (secondary N) is 1. The summed E-state index contributed by atoms with van der Waals surface area (Å²) >= 11 is 0. The lowest BCUT2D eigenvalue weighted by Crippen LogP contribution is -2.23. The molecule has 0 bridgehead atoms. The standard InChI is InChI=1S/C18H21N3O2/c1-13-2-8-17(9-3-13)23-18-19-10-15(11-20-18)14-4-6-16(7-5-14)21-12-22/h4-7,10-13,17H,2-3,8-9H2,1H3,(H,21,22). The summed E-state index contributed by atoms with van der Waals surface area (Å²) in [5, 5.41) is 2.61. The molecular weight excluding hydrogens is 290 g/mol. The van der Waals surface area contributed by atoms with Gasteiger partial charge in [0.15, 0.2) is 0 Å².